The van der Waals surface area contributed by atoms with Crippen LogP contribution in [0.15, 0.2) is 18.2 Å². The van der Waals surface area contributed by atoms with Crippen molar-refractivity contribution in [2.75, 3.05) is 6.54 Å². The molecule has 0 bridgehead atoms. The minimum Gasteiger partial charge on any atom is -0.310 e. The van der Waals surface area contributed by atoms with Gasteiger partial charge in [0.05, 0.1) is 0 Å². The van der Waals surface area contributed by atoms with Crippen molar-refractivity contribution in [3.63, 3.8) is 0 Å². The van der Waals surface area contributed by atoms with E-state index < -0.39 is 0 Å². The zero-order valence-electron chi connectivity index (χ0n) is 10.0. The molecule has 2 atom stereocenters. The molecule has 1 fully saturated rings. The summed E-state index contributed by atoms with van der Waals surface area (Å²) in [6.07, 6.45) is 2.63. The normalized spacial score (nSPS) is 26.6. The Bertz CT molecular complexity index is 335. The zero-order valence-corrected chi connectivity index (χ0v) is 10.0. The van der Waals surface area contributed by atoms with Crippen molar-refractivity contribution >= 4 is 0 Å². The minimum atomic E-state index is 0.584. The fourth-order valence-electron chi connectivity index (χ4n) is 2.26. The minimum absolute atomic E-state index is 0.584. The first kappa shape index (κ1) is 10.7. The summed E-state index contributed by atoms with van der Waals surface area (Å²) in [4.78, 5) is 0. The second-order valence-electron chi connectivity index (χ2n) is 4.99. The molecule has 1 aromatic rings. The SMILES string of the molecule is Cc1ccc(C2CCC(C)CN2)cc1C. The lowest BCUT2D eigenvalue weighted by molar-refractivity contribution is 0.333. The summed E-state index contributed by atoms with van der Waals surface area (Å²) in [6.45, 7) is 7.86. The number of hydrogen-bond donors (Lipinski definition) is 1. The van der Waals surface area contributed by atoms with Crippen LogP contribution in [0.3, 0.4) is 0 Å². The molecule has 1 aromatic carbocycles. The monoisotopic (exact) mass is 203 g/mol. The second-order valence-corrected chi connectivity index (χ2v) is 4.99. The van der Waals surface area contributed by atoms with Gasteiger partial charge in [0, 0.05) is 6.04 Å². The average Bonchev–Trinajstić information content (AvgIpc) is 2.23. The predicted octanol–water partition coefficient (Wildman–Crippen LogP) is 3.36. The smallest absolute Gasteiger partial charge is 0.0320 e. The van der Waals surface area contributed by atoms with E-state index in [0.29, 0.717) is 6.04 Å². The highest BCUT2D eigenvalue weighted by molar-refractivity contribution is 5.31. The molecule has 1 heteroatoms. The fraction of sp³-hybridized carbons (Fsp3) is 0.571. The number of rotatable bonds is 1. The van der Waals surface area contributed by atoms with Gasteiger partial charge in [0.25, 0.3) is 0 Å². The Morgan fingerprint density at radius 3 is 2.53 bits per heavy atom. The Balaban J connectivity index is 2.12. The summed E-state index contributed by atoms with van der Waals surface area (Å²) in [5, 5.41) is 3.63. The molecule has 1 saturated heterocycles. The number of hydrogen-bond acceptors (Lipinski definition) is 1. The molecule has 1 aliphatic heterocycles. The third-order valence-corrected chi connectivity index (χ3v) is 3.59. The Hall–Kier alpha value is -0.820. The maximum absolute atomic E-state index is 3.63. The van der Waals surface area contributed by atoms with Gasteiger partial charge in [-0.1, -0.05) is 25.1 Å². The van der Waals surface area contributed by atoms with Gasteiger partial charge in [-0.2, -0.15) is 0 Å². The standard InChI is InChI=1S/C14H21N/c1-10-4-7-14(15-9-10)13-6-5-11(2)12(3)8-13/h5-6,8,10,14-15H,4,7,9H2,1-3H3. The van der Waals surface area contributed by atoms with E-state index in [-0.39, 0.29) is 0 Å². The van der Waals surface area contributed by atoms with Crippen molar-refractivity contribution < 1.29 is 0 Å². The Morgan fingerprint density at radius 2 is 1.93 bits per heavy atom. The van der Waals surface area contributed by atoms with Crippen molar-refractivity contribution in [2.24, 2.45) is 5.92 Å². The molecule has 0 aromatic heterocycles. The summed E-state index contributed by atoms with van der Waals surface area (Å²) < 4.78 is 0. The molecule has 1 heterocycles. The summed E-state index contributed by atoms with van der Waals surface area (Å²) in [5.74, 6) is 0.841. The van der Waals surface area contributed by atoms with Gasteiger partial charge in [0.15, 0.2) is 0 Å². The van der Waals surface area contributed by atoms with E-state index in [2.05, 4.69) is 44.3 Å². The third-order valence-electron chi connectivity index (χ3n) is 3.59. The molecular weight excluding hydrogens is 182 g/mol. The van der Waals surface area contributed by atoms with Gasteiger partial charge in [-0.05, 0) is 55.8 Å². The molecule has 2 rings (SSSR count). The van der Waals surface area contributed by atoms with E-state index >= 15 is 0 Å². The quantitative estimate of drug-likeness (QED) is 0.738. The van der Waals surface area contributed by atoms with E-state index in [1.54, 1.807) is 0 Å². The lowest BCUT2D eigenvalue weighted by Gasteiger charge is -2.28. The van der Waals surface area contributed by atoms with Crippen LogP contribution >= 0.6 is 0 Å². The van der Waals surface area contributed by atoms with Crippen LogP contribution in [-0.4, -0.2) is 6.54 Å². The van der Waals surface area contributed by atoms with Crippen LogP contribution in [0, 0.1) is 19.8 Å². The van der Waals surface area contributed by atoms with Gasteiger partial charge in [-0.25, -0.2) is 0 Å². The largest absolute Gasteiger partial charge is 0.310 e. The second kappa shape index (κ2) is 4.36. The highest BCUT2D eigenvalue weighted by atomic mass is 14.9. The van der Waals surface area contributed by atoms with E-state index in [4.69, 9.17) is 0 Å². The Morgan fingerprint density at radius 1 is 1.13 bits per heavy atom. The molecule has 2 unspecified atom stereocenters. The van der Waals surface area contributed by atoms with E-state index in [0.717, 1.165) is 12.5 Å². The van der Waals surface area contributed by atoms with Crippen molar-refractivity contribution in [1.29, 1.82) is 0 Å². The first-order chi connectivity index (χ1) is 7.16. The first-order valence-corrected chi connectivity index (χ1v) is 5.97. The summed E-state index contributed by atoms with van der Waals surface area (Å²) >= 11 is 0. The average molecular weight is 203 g/mol. The van der Waals surface area contributed by atoms with Crippen LogP contribution in [0.4, 0.5) is 0 Å². The predicted molar refractivity (Wildman–Crippen MR) is 65.1 cm³/mol. The molecular formula is C14H21N. The van der Waals surface area contributed by atoms with Gasteiger partial charge in [-0.3, -0.25) is 0 Å². The molecule has 0 radical (unpaired) electrons. The van der Waals surface area contributed by atoms with Gasteiger partial charge < -0.3 is 5.32 Å². The lowest BCUT2D eigenvalue weighted by Crippen LogP contribution is -2.31. The third kappa shape index (κ3) is 2.40. The topological polar surface area (TPSA) is 12.0 Å². The molecule has 1 N–H and O–H groups in total. The molecule has 1 aliphatic rings. The highest BCUT2D eigenvalue weighted by Gasteiger charge is 2.18. The van der Waals surface area contributed by atoms with Crippen LogP contribution in [-0.2, 0) is 0 Å². The van der Waals surface area contributed by atoms with Crippen LogP contribution < -0.4 is 5.32 Å². The Kier molecular flexibility index (Phi) is 3.11. The maximum atomic E-state index is 3.63. The van der Waals surface area contributed by atoms with Crippen LogP contribution in [0.5, 0.6) is 0 Å². The molecule has 82 valence electrons. The number of piperidine rings is 1. The van der Waals surface area contributed by atoms with Gasteiger partial charge >= 0.3 is 0 Å². The van der Waals surface area contributed by atoms with E-state index in [1.807, 2.05) is 0 Å². The van der Waals surface area contributed by atoms with Crippen molar-refractivity contribution in [3.05, 3.63) is 34.9 Å². The first-order valence-electron chi connectivity index (χ1n) is 5.97. The van der Waals surface area contributed by atoms with Crippen molar-refractivity contribution in [1.82, 2.24) is 5.32 Å². The van der Waals surface area contributed by atoms with Gasteiger partial charge in [0.2, 0.25) is 0 Å². The molecule has 0 saturated carbocycles. The molecule has 15 heavy (non-hydrogen) atoms. The van der Waals surface area contributed by atoms with Gasteiger partial charge in [-0.15, -0.1) is 0 Å². The fourth-order valence-corrected chi connectivity index (χ4v) is 2.26. The van der Waals surface area contributed by atoms with Crippen LogP contribution in [0.25, 0.3) is 0 Å². The molecule has 0 spiro atoms. The van der Waals surface area contributed by atoms with Crippen LogP contribution in [0.1, 0.15) is 42.5 Å². The molecule has 0 amide bonds. The Labute approximate surface area is 92.9 Å². The highest BCUT2D eigenvalue weighted by Crippen LogP contribution is 2.26. The van der Waals surface area contributed by atoms with Crippen molar-refractivity contribution in [3.8, 4) is 0 Å². The number of aryl methyl sites for hydroxylation is 2. The van der Waals surface area contributed by atoms with E-state index in [1.165, 1.54) is 29.5 Å². The summed E-state index contributed by atoms with van der Waals surface area (Å²) in [6, 6.07) is 7.43. The maximum Gasteiger partial charge on any atom is 0.0320 e. The molecule has 0 aliphatic carbocycles. The van der Waals surface area contributed by atoms with Gasteiger partial charge in [0.1, 0.15) is 0 Å². The summed E-state index contributed by atoms with van der Waals surface area (Å²) in [5.41, 5.74) is 4.26. The molecule has 1 nitrogen and oxygen atoms in total. The van der Waals surface area contributed by atoms with Crippen LogP contribution in [0.2, 0.25) is 0 Å². The number of benzene rings is 1. The number of nitrogens with one attached hydrogen (secondary N) is 1. The van der Waals surface area contributed by atoms with E-state index in [9.17, 15) is 0 Å². The van der Waals surface area contributed by atoms with Crippen molar-refractivity contribution in [2.45, 2.75) is 39.7 Å². The lowest BCUT2D eigenvalue weighted by atomic mass is 9.91. The summed E-state index contributed by atoms with van der Waals surface area (Å²) in [7, 11) is 0. The zero-order chi connectivity index (χ0) is 10.8.